The summed E-state index contributed by atoms with van der Waals surface area (Å²) in [5.41, 5.74) is 8.52. The van der Waals surface area contributed by atoms with Crippen LogP contribution in [0.25, 0.3) is 0 Å². The SMILES string of the molecule is Nc1nc(=S)nc(C2CCc3ccccc3C2)[nH]1. The third kappa shape index (κ3) is 2.13. The lowest BCUT2D eigenvalue weighted by molar-refractivity contribution is 0.552. The molecule has 5 heteroatoms. The highest BCUT2D eigenvalue weighted by molar-refractivity contribution is 7.71. The average Bonchev–Trinajstić information content (AvgIpc) is 2.37. The van der Waals surface area contributed by atoms with Crippen molar-refractivity contribution < 1.29 is 0 Å². The van der Waals surface area contributed by atoms with Crippen LogP contribution in [0.5, 0.6) is 0 Å². The van der Waals surface area contributed by atoms with Gasteiger partial charge in [-0.3, -0.25) is 0 Å². The maximum Gasteiger partial charge on any atom is 0.224 e. The Morgan fingerprint density at radius 3 is 2.78 bits per heavy atom. The first-order valence-electron chi connectivity index (χ1n) is 6.03. The van der Waals surface area contributed by atoms with Gasteiger partial charge < -0.3 is 10.7 Å². The summed E-state index contributed by atoms with van der Waals surface area (Å²) in [4.78, 5) is 11.2. The monoisotopic (exact) mass is 258 g/mol. The van der Waals surface area contributed by atoms with Crippen molar-refractivity contribution in [2.24, 2.45) is 0 Å². The van der Waals surface area contributed by atoms with Crippen LogP contribution in [0.1, 0.15) is 29.3 Å². The quantitative estimate of drug-likeness (QED) is 0.771. The first-order valence-corrected chi connectivity index (χ1v) is 6.44. The number of aromatic nitrogens is 3. The first-order chi connectivity index (χ1) is 8.72. The van der Waals surface area contributed by atoms with E-state index in [1.165, 1.54) is 11.1 Å². The van der Waals surface area contributed by atoms with Gasteiger partial charge in [0.05, 0.1) is 0 Å². The Morgan fingerprint density at radius 1 is 1.22 bits per heavy atom. The van der Waals surface area contributed by atoms with Crippen molar-refractivity contribution in [3.05, 3.63) is 46.0 Å². The molecule has 3 rings (SSSR count). The van der Waals surface area contributed by atoms with E-state index in [9.17, 15) is 0 Å². The van der Waals surface area contributed by atoms with Crippen LogP contribution in [-0.4, -0.2) is 15.0 Å². The molecule has 92 valence electrons. The van der Waals surface area contributed by atoms with Gasteiger partial charge in [-0.05, 0) is 42.6 Å². The number of nitrogen functional groups attached to an aromatic ring is 1. The lowest BCUT2D eigenvalue weighted by Gasteiger charge is -2.23. The average molecular weight is 258 g/mol. The summed E-state index contributed by atoms with van der Waals surface area (Å²) in [6.45, 7) is 0. The third-order valence-corrected chi connectivity index (χ3v) is 3.60. The highest BCUT2D eigenvalue weighted by Gasteiger charge is 2.21. The lowest BCUT2D eigenvalue weighted by atomic mass is 9.83. The van der Waals surface area contributed by atoms with Crippen molar-refractivity contribution in [2.45, 2.75) is 25.2 Å². The Labute approximate surface area is 110 Å². The Bertz CT molecular complexity index is 635. The van der Waals surface area contributed by atoms with Crippen molar-refractivity contribution >= 4 is 18.2 Å². The van der Waals surface area contributed by atoms with Gasteiger partial charge >= 0.3 is 0 Å². The molecule has 4 nitrogen and oxygen atoms in total. The second kappa shape index (κ2) is 4.49. The Morgan fingerprint density at radius 2 is 2.00 bits per heavy atom. The fraction of sp³-hybridized carbons (Fsp3) is 0.308. The molecule has 1 aliphatic rings. The summed E-state index contributed by atoms with van der Waals surface area (Å²) in [5, 5.41) is 0. The largest absolute Gasteiger partial charge is 0.369 e. The molecular weight excluding hydrogens is 244 g/mol. The van der Waals surface area contributed by atoms with E-state index in [4.69, 9.17) is 18.0 Å². The van der Waals surface area contributed by atoms with Gasteiger partial charge in [0, 0.05) is 5.92 Å². The molecule has 0 amide bonds. The van der Waals surface area contributed by atoms with E-state index >= 15 is 0 Å². The molecule has 2 aromatic rings. The van der Waals surface area contributed by atoms with Crippen LogP contribution in [0.3, 0.4) is 0 Å². The zero-order valence-corrected chi connectivity index (χ0v) is 10.7. The number of rotatable bonds is 1. The van der Waals surface area contributed by atoms with E-state index in [0.717, 1.165) is 25.1 Å². The molecule has 1 aliphatic carbocycles. The smallest absolute Gasteiger partial charge is 0.224 e. The highest BCUT2D eigenvalue weighted by atomic mass is 32.1. The number of benzene rings is 1. The van der Waals surface area contributed by atoms with Crippen LogP contribution in [-0.2, 0) is 12.8 Å². The first kappa shape index (κ1) is 11.3. The molecule has 0 spiro atoms. The topological polar surface area (TPSA) is 67.6 Å². The Hall–Kier alpha value is -1.75. The van der Waals surface area contributed by atoms with Gasteiger partial charge in [-0.2, -0.15) is 4.98 Å². The van der Waals surface area contributed by atoms with Crippen molar-refractivity contribution in [1.29, 1.82) is 0 Å². The van der Waals surface area contributed by atoms with Gasteiger partial charge in [-0.25, -0.2) is 4.98 Å². The van der Waals surface area contributed by atoms with Crippen LogP contribution in [0, 0.1) is 4.77 Å². The molecule has 1 atom stereocenters. The summed E-state index contributed by atoms with van der Waals surface area (Å²) in [5.74, 6) is 1.57. The summed E-state index contributed by atoms with van der Waals surface area (Å²) >= 11 is 5.01. The molecule has 1 aromatic heterocycles. The summed E-state index contributed by atoms with van der Waals surface area (Å²) in [6, 6.07) is 8.55. The van der Waals surface area contributed by atoms with Gasteiger partial charge in [0.15, 0.2) is 0 Å². The molecule has 3 N–H and O–H groups in total. The number of nitrogens with two attached hydrogens (primary N) is 1. The number of fused-ring (bicyclic) bond motifs is 1. The highest BCUT2D eigenvalue weighted by Crippen LogP contribution is 2.30. The van der Waals surface area contributed by atoms with Crippen molar-refractivity contribution in [3.63, 3.8) is 0 Å². The lowest BCUT2D eigenvalue weighted by Crippen LogP contribution is -2.16. The van der Waals surface area contributed by atoms with Crippen molar-refractivity contribution in [3.8, 4) is 0 Å². The van der Waals surface area contributed by atoms with E-state index in [1.54, 1.807) is 0 Å². The summed E-state index contributed by atoms with van der Waals surface area (Å²) in [7, 11) is 0. The second-order valence-electron chi connectivity index (χ2n) is 4.61. The molecule has 0 aliphatic heterocycles. The van der Waals surface area contributed by atoms with Crippen molar-refractivity contribution in [2.75, 3.05) is 5.73 Å². The van der Waals surface area contributed by atoms with Crippen LogP contribution in [0.4, 0.5) is 5.95 Å². The molecular formula is C13H14N4S. The van der Waals surface area contributed by atoms with Gasteiger partial charge in [-0.15, -0.1) is 0 Å². The molecule has 1 unspecified atom stereocenters. The minimum Gasteiger partial charge on any atom is -0.369 e. The van der Waals surface area contributed by atoms with E-state index in [0.29, 0.717) is 16.6 Å². The van der Waals surface area contributed by atoms with Crippen LogP contribution >= 0.6 is 12.2 Å². The van der Waals surface area contributed by atoms with E-state index in [-0.39, 0.29) is 0 Å². The molecule has 0 radical (unpaired) electrons. The number of hydrogen-bond acceptors (Lipinski definition) is 4. The summed E-state index contributed by atoms with van der Waals surface area (Å²) in [6.07, 6.45) is 3.13. The predicted octanol–water partition coefficient (Wildman–Crippen LogP) is 2.39. The van der Waals surface area contributed by atoms with Crippen LogP contribution < -0.4 is 5.73 Å². The molecule has 18 heavy (non-hydrogen) atoms. The Kier molecular flexibility index (Phi) is 2.83. The fourth-order valence-corrected chi connectivity index (χ4v) is 2.74. The fourth-order valence-electron chi connectivity index (χ4n) is 2.54. The standard InChI is InChI=1S/C13H14N4S/c14-12-15-11(16-13(18)17-12)10-6-5-8-3-1-2-4-9(8)7-10/h1-4,10H,5-7H2,(H3,14,15,16,17,18). The minimum absolute atomic E-state index is 0.320. The number of nitrogens with zero attached hydrogens (tertiary/aromatic N) is 2. The normalized spacial score (nSPS) is 18.3. The third-order valence-electron chi connectivity index (χ3n) is 3.42. The number of aryl methyl sites for hydroxylation is 1. The van der Waals surface area contributed by atoms with Crippen LogP contribution in [0.2, 0.25) is 0 Å². The van der Waals surface area contributed by atoms with Gasteiger partial charge in [0.2, 0.25) is 10.7 Å². The van der Waals surface area contributed by atoms with E-state index in [1.807, 2.05) is 0 Å². The molecule has 1 heterocycles. The van der Waals surface area contributed by atoms with E-state index in [2.05, 4.69) is 39.2 Å². The second-order valence-corrected chi connectivity index (χ2v) is 4.98. The van der Waals surface area contributed by atoms with Gasteiger partial charge in [-0.1, -0.05) is 24.3 Å². The number of H-pyrrole nitrogens is 1. The van der Waals surface area contributed by atoms with E-state index < -0.39 is 0 Å². The summed E-state index contributed by atoms with van der Waals surface area (Å²) < 4.78 is 0.320. The zero-order chi connectivity index (χ0) is 12.5. The van der Waals surface area contributed by atoms with Crippen LogP contribution in [0.15, 0.2) is 24.3 Å². The van der Waals surface area contributed by atoms with Gasteiger partial charge in [0.1, 0.15) is 5.82 Å². The predicted molar refractivity (Wildman–Crippen MR) is 72.8 cm³/mol. The maximum atomic E-state index is 5.69. The van der Waals surface area contributed by atoms with Gasteiger partial charge in [0.25, 0.3) is 0 Å². The number of aromatic amines is 1. The Balaban J connectivity index is 1.94. The molecule has 0 fully saturated rings. The maximum absolute atomic E-state index is 5.69. The minimum atomic E-state index is 0.320. The molecule has 0 saturated carbocycles. The number of anilines is 1. The van der Waals surface area contributed by atoms with Crippen molar-refractivity contribution in [1.82, 2.24) is 15.0 Å². The molecule has 0 bridgehead atoms. The number of hydrogen-bond donors (Lipinski definition) is 2. The zero-order valence-electron chi connectivity index (χ0n) is 9.89. The molecule has 0 saturated heterocycles. The number of nitrogens with one attached hydrogen (secondary N) is 1. The molecule has 1 aromatic carbocycles.